The first-order chi connectivity index (χ1) is 10.0. The summed E-state index contributed by atoms with van der Waals surface area (Å²) in [6.07, 6.45) is 11.6. The van der Waals surface area contributed by atoms with Crippen LogP contribution >= 0.6 is 0 Å². The van der Waals surface area contributed by atoms with Gasteiger partial charge in [0.15, 0.2) is 0 Å². The minimum atomic E-state index is -3.84. The first-order valence-electron chi connectivity index (χ1n) is 7.72. The van der Waals surface area contributed by atoms with Gasteiger partial charge in [-0.05, 0) is 36.8 Å². The molecular formula is C17H26O3S. The highest BCUT2D eigenvalue weighted by atomic mass is 32.2. The number of benzene rings is 1. The summed E-state index contributed by atoms with van der Waals surface area (Å²) >= 11 is 0. The number of rotatable bonds is 10. The molecule has 1 aromatic carbocycles. The minimum absolute atomic E-state index is 0.176. The maximum Gasteiger partial charge on any atom is 0.264 e. The van der Waals surface area contributed by atoms with E-state index in [0.29, 0.717) is 12.8 Å². The van der Waals surface area contributed by atoms with Crippen LogP contribution < -0.4 is 0 Å². The molecule has 1 rings (SSSR count). The molecule has 0 atom stereocenters. The van der Waals surface area contributed by atoms with Crippen molar-refractivity contribution in [1.29, 1.82) is 0 Å². The summed E-state index contributed by atoms with van der Waals surface area (Å²) < 4.78 is 30.1. The van der Waals surface area contributed by atoms with Crippen LogP contribution in [0.5, 0.6) is 0 Å². The van der Waals surface area contributed by atoms with E-state index in [4.69, 9.17) is 4.55 Å². The van der Waals surface area contributed by atoms with Crippen molar-refractivity contribution in [3.05, 3.63) is 41.5 Å². The Balaban J connectivity index is 2.39. The second-order valence-electron chi connectivity index (χ2n) is 5.39. The topological polar surface area (TPSA) is 54.4 Å². The van der Waals surface area contributed by atoms with Gasteiger partial charge in [-0.3, -0.25) is 4.55 Å². The van der Waals surface area contributed by atoms with Crippen molar-refractivity contribution in [2.45, 2.75) is 51.9 Å². The largest absolute Gasteiger partial charge is 0.286 e. The number of hydrogen-bond donors (Lipinski definition) is 1. The Hall–Kier alpha value is -1.13. The lowest BCUT2D eigenvalue weighted by Crippen LogP contribution is -2.04. The van der Waals surface area contributed by atoms with E-state index in [9.17, 15) is 8.42 Å². The van der Waals surface area contributed by atoms with E-state index in [-0.39, 0.29) is 5.75 Å². The molecule has 0 saturated heterocycles. The molecule has 0 unspecified atom stereocenters. The van der Waals surface area contributed by atoms with Crippen LogP contribution in [0.3, 0.4) is 0 Å². The fraction of sp³-hybridized carbons (Fsp3) is 0.529. The molecule has 3 nitrogen and oxygen atoms in total. The van der Waals surface area contributed by atoms with Crippen molar-refractivity contribution < 1.29 is 13.0 Å². The van der Waals surface area contributed by atoms with Gasteiger partial charge in [0.2, 0.25) is 0 Å². The van der Waals surface area contributed by atoms with E-state index < -0.39 is 10.1 Å². The molecule has 21 heavy (non-hydrogen) atoms. The van der Waals surface area contributed by atoms with E-state index in [1.807, 2.05) is 12.1 Å². The van der Waals surface area contributed by atoms with Gasteiger partial charge >= 0.3 is 0 Å². The molecule has 1 aromatic rings. The van der Waals surface area contributed by atoms with Crippen molar-refractivity contribution in [3.63, 3.8) is 0 Å². The van der Waals surface area contributed by atoms with Crippen LogP contribution in [0.1, 0.15) is 56.6 Å². The van der Waals surface area contributed by atoms with Crippen molar-refractivity contribution in [1.82, 2.24) is 0 Å². The van der Waals surface area contributed by atoms with E-state index in [2.05, 4.69) is 31.2 Å². The lowest BCUT2D eigenvalue weighted by molar-refractivity contribution is 0.481. The summed E-state index contributed by atoms with van der Waals surface area (Å²) in [6, 6.07) is 8.10. The molecule has 0 aliphatic rings. The number of aryl methyl sites for hydroxylation is 1. The monoisotopic (exact) mass is 310 g/mol. The summed E-state index contributed by atoms with van der Waals surface area (Å²) in [4.78, 5) is 0. The van der Waals surface area contributed by atoms with Gasteiger partial charge in [-0.25, -0.2) is 0 Å². The highest BCUT2D eigenvalue weighted by Crippen LogP contribution is 2.11. The molecule has 0 bridgehead atoms. The third-order valence-electron chi connectivity index (χ3n) is 3.35. The second kappa shape index (κ2) is 9.74. The Labute approximate surface area is 128 Å². The molecule has 0 amide bonds. The van der Waals surface area contributed by atoms with Crippen LogP contribution in [0.15, 0.2) is 30.3 Å². The molecule has 0 saturated carbocycles. The molecule has 0 fully saturated rings. The molecule has 0 aromatic heterocycles. The van der Waals surface area contributed by atoms with Gasteiger partial charge in [-0.1, -0.05) is 62.6 Å². The predicted molar refractivity (Wildman–Crippen MR) is 89.0 cm³/mol. The molecule has 0 aliphatic heterocycles. The standard InChI is InChI=1S/C17H26O3S/c1-2-3-4-5-6-7-10-16-11-8-12-17(15-16)13-9-14-21(18,19)20/h7-8,10-12,15H,2-6,9,13-14H2,1H3,(H,18,19,20). The van der Waals surface area contributed by atoms with Gasteiger partial charge in [0.1, 0.15) is 0 Å². The third-order valence-corrected chi connectivity index (χ3v) is 4.16. The number of allylic oxidation sites excluding steroid dienone is 1. The van der Waals surface area contributed by atoms with Crippen molar-refractivity contribution in [2.75, 3.05) is 5.75 Å². The van der Waals surface area contributed by atoms with Crippen LogP contribution in [-0.2, 0) is 16.5 Å². The summed E-state index contributed by atoms with van der Waals surface area (Å²) in [5.74, 6) is -0.176. The molecule has 118 valence electrons. The highest BCUT2D eigenvalue weighted by molar-refractivity contribution is 7.85. The van der Waals surface area contributed by atoms with Gasteiger partial charge in [-0.2, -0.15) is 8.42 Å². The molecule has 0 aliphatic carbocycles. The van der Waals surface area contributed by atoms with E-state index in [1.165, 1.54) is 25.7 Å². The van der Waals surface area contributed by atoms with Gasteiger partial charge in [0.25, 0.3) is 10.1 Å². The SMILES string of the molecule is CCCCCCC=Cc1cccc(CCCS(=O)(=O)O)c1. The minimum Gasteiger partial charge on any atom is -0.286 e. The van der Waals surface area contributed by atoms with Gasteiger partial charge in [0, 0.05) is 0 Å². The Kier molecular flexibility index (Phi) is 8.31. The van der Waals surface area contributed by atoms with Crippen LogP contribution in [0.4, 0.5) is 0 Å². The van der Waals surface area contributed by atoms with Crippen molar-refractivity contribution in [2.24, 2.45) is 0 Å². The number of hydrogen-bond acceptors (Lipinski definition) is 2. The predicted octanol–water partition coefficient (Wildman–Crippen LogP) is 4.49. The van der Waals surface area contributed by atoms with Crippen molar-refractivity contribution in [3.8, 4) is 0 Å². The summed E-state index contributed by atoms with van der Waals surface area (Å²) in [6.45, 7) is 2.21. The molecule has 4 heteroatoms. The Morgan fingerprint density at radius 2 is 1.95 bits per heavy atom. The highest BCUT2D eigenvalue weighted by Gasteiger charge is 2.04. The molecule has 0 heterocycles. The Morgan fingerprint density at radius 1 is 1.14 bits per heavy atom. The van der Waals surface area contributed by atoms with Gasteiger partial charge in [0.05, 0.1) is 5.75 Å². The van der Waals surface area contributed by atoms with Crippen LogP contribution in [-0.4, -0.2) is 18.7 Å². The summed E-state index contributed by atoms with van der Waals surface area (Å²) in [5, 5.41) is 0. The Morgan fingerprint density at radius 3 is 2.67 bits per heavy atom. The first kappa shape index (κ1) is 17.9. The van der Waals surface area contributed by atoms with Gasteiger partial charge in [-0.15, -0.1) is 0 Å². The first-order valence-corrected chi connectivity index (χ1v) is 9.33. The fourth-order valence-electron chi connectivity index (χ4n) is 2.22. The van der Waals surface area contributed by atoms with Crippen LogP contribution in [0.2, 0.25) is 0 Å². The quantitative estimate of drug-likeness (QED) is 0.511. The van der Waals surface area contributed by atoms with Crippen LogP contribution in [0, 0.1) is 0 Å². The lowest BCUT2D eigenvalue weighted by atomic mass is 10.1. The molecule has 0 spiro atoms. The van der Waals surface area contributed by atoms with E-state index in [1.54, 1.807) is 0 Å². The normalized spacial score (nSPS) is 12.1. The average molecular weight is 310 g/mol. The summed E-state index contributed by atoms with van der Waals surface area (Å²) in [7, 11) is -3.84. The zero-order valence-electron chi connectivity index (χ0n) is 12.8. The molecule has 1 N–H and O–H groups in total. The smallest absolute Gasteiger partial charge is 0.264 e. The Bertz CT molecular complexity index is 533. The van der Waals surface area contributed by atoms with E-state index >= 15 is 0 Å². The lowest BCUT2D eigenvalue weighted by Gasteiger charge is -2.02. The maximum atomic E-state index is 10.7. The third kappa shape index (κ3) is 9.43. The second-order valence-corrected chi connectivity index (χ2v) is 6.96. The fourth-order valence-corrected chi connectivity index (χ4v) is 2.73. The van der Waals surface area contributed by atoms with Crippen LogP contribution in [0.25, 0.3) is 6.08 Å². The van der Waals surface area contributed by atoms with E-state index in [0.717, 1.165) is 17.5 Å². The van der Waals surface area contributed by atoms with Gasteiger partial charge < -0.3 is 0 Å². The van der Waals surface area contributed by atoms with Crippen molar-refractivity contribution >= 4 is 16.2 Å². The maximum absolute atomic E-state index is 10.7. The molecular weight excluding hydrogens is 284 g/mol. The zero-order chi connectivity index (χ0) is 15.6. The average Bonchev–Trinajstić information content (AvgIpc) is 2.42. The molecule has 0 radical (unpaired) electrons. The zero-order valence-corrected chi connectivity index (χ0v) is 13.6. The number of unbranched alkanes of at least 4 members (excludes halogenated alkanes) is 4. The summed E-state index contributed by atoms with van der Waals surface area (Å²) in [5.41, 5.74) is 2.25.